The predicted molar refractivity (Wildman–Crippen MR) is 119 cm³/mol. The van der Waals surface area contributed by atoms with Crippen molar-refractivity contribution in [2.45, 2.75) is 19.8 Å². The standard InChI is InChI=1S/C24H23N5O2/c1-16-5-4-14-29(15-16)23-24(26-13-12-25-23)31-18-10-8-17(9-11-18)21(30)22-27-19-6-2-3-7-20(19)28-22/h2-3,6-13,16H,4-5,14-15H2,1H3,(H,27,28)/t16-/m0/s1. The average Bonchev–Trinajstić information content (AvgIpc) is 3.24. The molecule has 31 heavy (non-hydrogen) atoms. The number of ketones is 1. The Morgan fingerprint density at radius 1 is 1.10 bits per heavy atom. The van der Waals surface area contributed by atoms with Crippen LogP contribution in [-0.4, -0.2) is 38.8 Å². The van der Waals surface area contributed by atoms with Crippen molar-refractivity contribution in [2.24, 2.45) is 5.92 Å². The molecule has 5 rings (SSSR count). The first-order chi connectivity index (χ1) is 15.2. The van der Waals surface area contributed by atoms with Gasteiger partial charge in [0.15, 0.2) is 11.6 Å². The van der Waals surface area contributed by atoms with E-state index in [9.17, 15) is 4.79 Å². The number of benzene rings is 2. The number of aromatic nitrogens is 4. The fourth-order valence-corrected chi connectivity index (χ4v) is 3.97. The number of rotatable bonds is 5. The minimum atomic E-state index is -0.162. The number of carbonyl (C=O) groups is 1. The van der Waals surface area contributed by atoms with Gasteiger partial charge >= 0.3 is 0 Å². The van der Waals surface area contributed by atoms with Gasteiger partial charge in [-0.1, -0.05) is 19.1 Å². The monoisotopic (exact) mass is 413 g/mol. The fourth-order valence-electron chi connectivity index (χ4n) is 3.97. The van der Waals surface area contributed by atoms with E-state index in [-0.39, 0.29) is 5.78 Å². The molecule has 1 saturated heterocycles. The fraction of sp³-hybridized carbons (Fsp3) is 0.250. The number of piperidine rings is 1. The molecule has 0 unspecified atom stereocenters. The summed E-state index contributed by atoms with van der Waals surface area (Å²) < 4.78 is 6.04. The summed E-state index contributed by atoms with van der Waals surface area (Å²) in [5.74, 6) is 2.63. The normalized spacial score (nSPS) is 16.4. The van der Waals surface area contributed by atoms with Crippen LogP contribution in [0.5, 0.6) is 11.6 Å². The Kier molecular flexibility index (Phi) is 5.08. The van der Waals surface area contributed by atoms with Gasteiger partial charge in [-0.25, -0.2) is 15.0 Å². The van der Waals surface area contributed by atoms with Crippen molar-refractivity contribution < 1.29 is 9.53 Å². The van der Waals surface area contributed by atoms with Gasteiger partial charge in [0.1, 0.15) is 5.75 Å². The van der Waals surface area contributed by atoms with Gasteiger partial charge in [0.05, 0.1) is 11.0 Å². The molecule has 0 amide bonds. The van der Waals surface area contributed by atoms with Crippen LogP contribution in [0.4, 0.5) is 5.82 Å². The summed E-state index contributed by atoms with van der Waals surface area (Å²) in [4.78, 5) is 31.4. The van der Waals surface area contributed by atoms with Gasteiger partial charge in [0.2, 0.25) is 5.78 Å². The van der Waals surface area contributed by atoms with Crippen LogP contribution in [0.25, 0.3) is 11.0 Å². The van der Waals surface area contributed by atoms with Gasteiger partial charge in [-0.15, -0.1) is 0 Å². The zero-order chi connectivity index (χ0) is 21.2. The quantitative estimate of drug-likeness (QED) is 0.481. The Labute approximate surface area is 180 Å². The number of fused-ring (bicyclic) bond motifs is 1. The Morgan fingerprint density at radius 3 is 2.71 bits per heavy atom. The lowest BCUT2D eigenvalue weighted by molar-refractivity contribution is 0.103. The van der Waals surface area contributed by atoms with Gasteiger partial charge in [-0.3, -0.25) is 4.79 Å². The smallest absolute Gasteiger partial charge is 0.263 e. The van der Waals surface area contributed by atoms with Gasteiger partial charge in [-0.2, -0.15) is 0 Å². The van der Waals surface area contributed by atoms with Crippen molar-refractivity contribution in [2.75, 3.05) is 18.0 Å². The molecule has 0 aliphatic carbocycles. The molecule has 7 nitrogen and oxygen atoms in total. The van der Waals surface area contributed by atoms with E-state index in [1.165, 1.54) is 6.42 Å². The van der Waals surface area contributed by atoms with E-state index in [0.717, 1.165) is 36.4 Å². The minimum absolute atomic E-state index is 0.162. The summed E-state index contributed by atoms with van der Waals surface area (Å²) in [6.07, 6.45) is 5.69. The van der Waals surface area contributed by atoms with Crippen LogP contribution < -0.4 is 9.64 Å². The van der Waals surface area contributed by atoms with E-state index in [0.29, 0.717) is 28.9 Å². The summed E-state index contributed by atoms with van der Waals surface area (Å²) in [6.45, 7) is 4.14. The zero-order valence-electron chi connectivity index (χ0n) is 17.3. The number of para-hydroxylation sites is 2. The number of aromatic amines is 1. The molecule has 1 fully saturated rings. The number of ether oxygens (including phenoxy) is 1. The molecule has 156 valence electrons. The van der Waals surface area contributed by atoms with Crippen molar-refractivity contribution >= 4 is 22.6 Å². The third kappa shape index (κ3) is 3.99. The molecule has 1 atom stereocenters. The predicted octanol–water partition coefficient (Wildman–Crippen LogP) is 4.61. The molecular weight excluding hydrogens is 390 g/mol. The molecule has 7 heteroatoms. The Bertz CT molecular complexity index is 1190. The largest absolute Gasteiger partial charge is 0.436 e. The Hall–Kier alpha value is -3.74. The van der Waals surface area contributed by atoms with E-state index >= 15 is 0 Å². The van der Waals surface area contributed by atoms with E-state index in [4.69, 9.17) is 4.74 Å². The van der Waals surface area contributed by atoms with Crippen LogP contribution in [0.3, 0.4) is 0 Å². The summed E-state index contributed by atoms with van der Waals surface area (Å²) in [7, 11) is 0. The highest BCUT2D eigenvalue weighted by Crippen LogP contribution is 2.31. The first-order valence-corrected chi connectivity index (χ1v) is 10.5. The van der Waals surface area contributed by atoms with Crippen LogP contribution in [0.1, 0.15) is 35.9 Å². The topological polar surface area (TPSA) is 84.0 Å². The summed E-state index contributed by atoms with van der Waals surface area (Å²) in [5, 5.41) is 0. The molecule has 1 aliphatic rings. The lowest BCUT2D eigenvalue weighted by Gasteiger charge is -2.32. The van der Waals surface area contributed by atoms with Crippen LogP contribution >= 0.6 is 0 Å². The summed E-state index contributed by atoms with van der Waals surface area (Å²) in [5.41, 5.74) is 2.15. The molecule has 3 heterocycles. The zero-order valence-corrected chi connectivity index (χ0v) is 17.3. The summed E-state index contributed by atoms with van der Waals surface area (Å²) in [6, 6.07) is 14.6. The Morgan fingerprint density at radius 2 is 1.90 bits per heavy atom. The molecule has 2 aromatic carbocycles. The van der Waals surface area contributed by atoms with Crippen LogP contribution in [-0.2, 0) is 0 Å². The maximum Gasteiger partial charge on any atom is 0.263 e. The SMILES string of the molecule is C[C@H]1CCCN(c2nccnc2Oc2ccc(C(=O)c3nc4ccccc4[nH]3)cc2)C1. The molecule has 0 radical (unpaired) electrons. The van der Waals surface area contributed by atoms with Crippen molar-refractivity contribution in [3.63, 3.8) is 0 Å². The lowest BCUT2D eigenvalue weighted by atomic mass is 10.0. The minimum Gasteiger partial charge on any atom is -0.436 e. The molecule has 2 aromatic heterocycles. The lowest BCUT2D eigenvalue weighted by Crippen LogP contribution is -2.35. The van der Waals surface area contributed by atoms with E-state index in [1.807, 2.05) is 24.3 Å². The van der Waals surface area contributed by atoms with Crippen molar-refractivity contribution in [3.8, 4) is 11.6 Å². The van der Waals surface area contributed by atoms with Crippen LogP contribution in [0, 0.1) is 5.92 Å². The number of anilines is 1. The van der Waals surface area contributed by atoms with Crippen LogP contribution in [0.15, 0.2) is 60.9 Å². The molecule has 0 spiro atoms. The number of H-pyrrole nitrogens is 1. The highest BCUT2D eigenvalue weighted by atomic mass is 16.5. The number of nitrogens with one attached hydrogen (secondary N) is 1. The molecule has 4 aromatic rings. The van der Waals surface area contributed by atoms with Crippen molar-refractivity contribution in [1.29, 1.82) is 0 Å². The second-order valence-electron chi connectivity index (χ2n) is 7.94. The maximum atomic E-state index is 12.8. The number of carbonyl (C=O) groups excluding carboxylic acids is 1. The first kappa shape index (κ1) is 19.2. The van der Waals surface area contributed by atoms with E-state index in [2.05, 4.69) is 31.8 Å². The van der Waals surface area contributed by atoms with Crippen molar-refractivity contribution in [3.05, 3.63) is 72.3 Å². The molecular formula is C24H23N5O2. The third-order valence-electron chi connectivity index (χ3n) is 5.54. The third-order valence-corrected chi connectivity index (χ3v) is 5.54. The highest BCUT2D eigenvalue weighted by Gasteiger charge is 2.22. The molecule has 1 N–H and O–H groups in total. The second kappa shape index (κ2) is 8.18. The van der Waals surface area contributed by atoms with Gasteiger partial charge in [0, 0.05) is 31.0 Å². The number of hydrogen-bond acceptors (Lipinski definition) is 6. The average molecular weight is 413 g/mol. The number of hydrogen-bond donors (Lipinski definition) is 1. The van der Waals surface area contributed by atoms with Gasteiger partial charge < -0.3 is 14.6 Å². The maximum absolute atomic E-state index is 12.8. The van der Waals surface area contributed by atoms with Gasteiger partial charge in [-0.05, 0) is 55.2 Å². The molecule has 0 bridgehead atoms. The summed E-state index contributed by atoms with van der Waals surface area (Å²) >= 11 is 0. The van der Waals surface area contributed by atoms with E-state index < -0.39 is 0 Å². The number of nitrogens with zero attached hydrogens (tertiary/aromatic N) is 4. The Balaban J connectivity index is 1.34. The van der Waals surface area contributed by atoms with Gasteiger partial charge in [0.25, 0.3) is 5.88 Å². The first-order valence-electron chi connectivity index (χ1n) is 10.5. The van der Waals surface area contributed by atoms with Crippen LogP contribution in [0.2, 0.25) is 0 Å². The second-order valence-corrected chi connectivity index (χ2v) is 7.94. The molecule has 0 saturated carbocycles. The molecule has 1 aliphatic heterocycles. The highest BCUT2D eigenvalue weighted by molar-refractivity contribution is 6.08. The van der Waals surface area contributed by atoms with Crippen molar-refractivity contribution in [1.82, 2.24) is 19.9 Å². The van der Waals surface area contributed by atoms with E-state index in [1.54, 1.807) is 36.7 Å². The number of imidazole rings is 1.